The van der Waals surface area contributed by atoms with Gasteiger partial charge >= 0.3 is 0 Å². The fraction of sp³-hybridized carbons (Fsp3) is 0.600. The van der Waals surface area contributed by atoms with Gasteiger partial charge in [-0.25, -0.2) is 0 Å². The van der Waals surface area contributed by atoms with Crippen molar-refractivity contribution in [3.8, 4) is 0 Å². The van der Waals surface area contributed by atoms with Crippen molar-refractivity contribution < 1.29 is 5.11 Å². The molecule has 0 heterocycles. The van der Waals surface area contributed by atoms with E-state index in [1.165, 1.54) is 16.7 Å². The smallest absolute Gasteiger partial charge is 0.0791 e. The molecule has 102 valence electrons. The maximum atomic E-state index is 9.84. The summed E-state index contributed by atoms with van der Waals surface area (Å²) in [6.07, 6.45) is -0.326. The van der Waals surface area contributed by atoms with Gasteiger partial charge in [-0.1, -0.05) is 23.8 Å². The number of likely N-dealkylation sites (N-methyl/N-ethyl adjacent to an activating group) is 1. The average molecular weight is 250 g/mol. The molecule has 0 aliphatic carbocycles. The molecule has 0 fully saturated rings. The van der Waals surface area contributed by atoms with Gasteiger partial charge in [-0.2, -0.15) is 0 Å². The molecule has 0 saturated heterocycles. The second-order valence-corrected chi connectivity index (χ2v) is 5.41. The molecule has 0 aliphatic rings. The molecule has 0 saturated carbocycles. The maximum absolute atomic E-state index is 9.84. The van der Waals surface area contributed by atoms with Gasteiger partial charge in [-0.05, 0) is 46.0 Å². The van der Waals surface area contributed by atoms with Crippen LogP contribution in [0.2, 0.25) is 0 Å². The lowest BCUT2D eigenvalue weighted by Gasteiger charge is -2.21. The van der Waals surface area contributed by atoms with Crippen LogP contribution >= 0.6 is 0 Å². The first-order valence-corrected chi connectivity index (χ1v) is 6.53. The fourth-order valence-corrected chi connectivity index (χ4v) is 2.14. The summed E-state index contributed by atoms with van der Waals surface area (Å²) in [7, 11) is 3.94. The van der Waals surface area contributed by atoms with E-state index in [1.807, 2.05) is 19.0 Å². The first-order chi connectivity index (χ1) is 8.40. The van der Waals surface area contributed by atoms with Crippen molar-refractivity contribution in [2.75, 3.05) is 27.2 Å². The Morgan fingerprint density at radius 3 is 2.56 bits per heavy atom. The lowest BCUT2D eigenvalue weighted by Crippen LogP contribution is -2.36. The van der Waals surface area contributed by atoms with Gasteiger partial charge in [0.05, 0.1) is 6.10 Å². The van der Waals surface area contributed by atoms with Crippen LogP contribution in [0.1, 0.15) is 29.7 Å². The van der Waals surface area contributed by atoms with E-state index in [1.54, 1.807) is 0 Å². The van der Waals surface area contributed by atoms with Crippen LogP contribution in [0.15, 0.2) is 18.2 Å². The Hall–Kier alpha value is -0.900. The molecule has 2 atom stereocenters. The summed E-state index contributed by atoms with van der Waals surface area (Å²) in [5.41, 5.74) is 3.88. The SMILES string of the molecule is Cc1ccc(C)c(C(C)NCC(O)CN(C)C)c1. The van der Waals surface area contributed by atoms with Crippen molar-refractivity contribution in [2.24, 2.45) is 0 Å². The largest absolute Gasteiger partial charge is 0.390 e. The Bertz CT molecular complexity index is 377. The number of aliphatic hydroxyl groups excluding tert-OH is 1. The van der Waals surface area contributed by atoms with Gasteiger partial charge in [0.2, 0.25) is 0 Å². The second-order valence-electron chi connectivity index (χ2n) is 5.41. The lowest BCUT2D eigenvalue weighted by atomic mass is 10.00. The van der Waals surface area contributed by atoms with E-state index in [0.717, 1.165) is 0 Å². The standard InChI is InChI=1S/C15H26N2O/c1-11-6-7-12(2)15(8-11)13(3)16-9-14(18)10-17(4)5/h6-8,13-14,16,18H,9-10H2,1-5H3. The zero-order valence-corrected chi connectivity index (χ0v) is 12.2. The van der Waals surface area contributed by atoms with Crippen LogP contribution in [0.4, 0.5) is 0 Å². The van der Waals surface area contributed by atoms with Crippen molar-refractivity contribution in [1.29, 1.82) is 0 Å². The zero-order chi connectivity index (χ0) is 13.7. The molecule has 3 nitrogen and oxygen atoms in total. The Balaban J connectivity index is 2.54. The summed E-state index contributed by atoms with van der Waals surface area (Å²) in [5.74, 6) is 0. The van der Waals surface area contributed by atoms with Crippen molar-refractivity contribution in [3.05, 3.63) is 34.9 Å². The third kappa shape index (κ3) is 4.77. The number of nitrogens with zero attached hydrogens (tertiary/aromatic N) is 1. The fourth-order valence-electron chi connectivity index (χ4n) is 2.14. The van der Waals surface area contributed by atoms with Crippen LogP contribution in [0.3, 0.4) is 0 Å². The highest BCUT2D eigenvalue weighted by atomic mass is 16.3. The Kier molecular flexibility index (Phi) is 5.79. The number of aryl methyl sites for hydroxylation is 2. The summed E-state index contributed by atoms with van der Waals surface area (Å²) < 4.78 is 0. The minimum atomic E-state index is -0.326. The monoisotopic (exact) mass is 250 g/mol. The van der Waals surface area contributed by atoms with Crippen LogP contribution in [0, 0.1) is 13.8 Å². The van der Waals surface area contributed by atoms with E-state index >= 15 is 0 Å². The Morgan fingerprint density at radius 1 is 1.28 bits per heavy atom. The Labute approximate surface area is 111 Å². The predicted molar refractivity (Wildman–Crippen MR) is 76.9 cm³/mol. The summed E-state index contributed by atoms with van der Waals surface area (Å²) in [5, 5.41) is 13.2. The predicted octanol–water partition coefficient (Wildman–Crippen LogP) is 1.88. The quantitative estimate of drug-likeness (QED) is 0.809. The van der Waals surface area contributed by atoms with Gasteiger partial charge in [-0.15, -0.1) is 0 Å². The number of benzene rings is 1. The molecule has 0 radical (unpaired) electrons. The number of nitrogens with one attached hydrogen (secondary N) is 1. The van der Waals surface area contributed by atoms with Crippen LogP contribution in [0.5, 0.6) is 0 Å². The minimum Gasteiger partial charge on any atom is -0.390 e. The van der Waals surface area contributed by atoms with Crippen LogP contribution in [-0.2, 0) is 0 Å². The number of hydrogen-bond acceptors (Lipinski definition) is 3. The summed E-state index contributed by atoms with van der Waals surface area (Å²) in [6, 6.07) is 6.76. The van der Waals surface area contributed by atoms with E-state index in [0.29, 0.717) is 13.1 Å². The number of hydrogen-bond donors (Lipinski definition) is 2. The first-order valence-electron chi connectivity index (χ1n) is 6.53. The second kappa shape index (κ2) is 6.88. The molecule has 2 N–H and O–H groups in total. The van der Waals surface area contributed by atoms with Gasteiger partial charge in [0, 0.05) is 19.1 Å². The van der Waals surface area contributed by atoms with E-state index < -0.39 is 0 Å². The van der Waals surface area contributed by atoms with Crippen LogP contribution < -0.4 is 5.32 Å². The van der Waals surface area contributed by atoms with Crippen molar-refractivity contribution >= 4 is 0 Å². The molecular formula is C15H26N2O. The van der Waals surface area contributed by atoms with E-state index in [9.17, 15) is 5.11 Å². The van der Waals surface area contributed by atoms with Crippen LogP contribution in [-0.4, -0.2) is 43.3 Å². The first kappa shape index (κ1) is 15.2. The minimum absolute atomic E-state index is 0.265. The molecule has 0 aromatic heterocycles. The van der Waals surface area contributed by atoms with Crippen molar-refractivity contribution in [3.63, 3.8) is 0 Å². The molecule has 0 bridgehead atoms. The van der Waals surface area contributed by atoms with Gasteiger partial charge in [-0.3, -0.25) is 0 Å². The molecule has 0 spiro atoms. The summed E-state index contributed by atoms with van der Waals surface area (Å²) in [4.78, 5) is 1.99. The molecule has 2 unspecified atom stereocenters. The topological polar surface area (TPSA) is 35.5 Å². The third-order valence-corrected chi connectivity index (χ3v) is 3.14. The van der Waals surface area contributed by atoms with Gasteiger partial charge in [0.15, 0.2) is 0 Å². The zero-order valence-electron chi connectivity index (χ0n) is 12.2. The van der Waals surface area contributed by atoms with Crippen LogP contribution in [0.25, 0.3) is 0 Å². The van der Waals surface area contributed by atoms with Crippen molar-refractivity contribution in [2.45, 2.75) is 32.9 Å². The molecule has 0 aliphatic heterocycles. The average Bonchev–Trinajstić information content (AvgIpc) is 2.28. The Morgan fingerprint density at radius 2 is 1.94 bits per heavy atom. The molecule has 0 amide bonds. The number of aliphatic hydroxyl groups is 1. The van der Waals surface area contributed by atoms with Gasteiger partial charge in [0.25, 0.3) is 0 Å². The maximum Gasteiger partial charge on any atom is 0.0791 e. The summed E-state index contributed by atoms with van der Waals surface area (Å²) in [6.45, 7) is 7.68. The summed E-state index contributed by atoms with van der Waals surface area (Å²) >= 11 is 0. The highest BCUT2D eigenvalue weighted by Crippen LogP contribution is 2.18. The molecule has 1 rings (SSSR count). The lowest BCUT2D eigenvalue weighted by molar-refractivity contribution is 0.132. The molecular weight excluding hydrogens is 224 g/mol. The van der Waals surface area contributed by atoms with E-state index in [4.69, 9.17) is 0 Å². The highest BCUT2D eigenvalue weighted by molar-refractivity contribution is 5.32. The third-order valence-electron chi connectivity index (χ3n) is 3.14. The van der Waals surface area contributed by atoms with Gasteiger partial charge < -0.3 is 15.3 Å². The molecule has 3 heteroatoms. The highest BCUT2D eigenvalue weighted by Gasteiger charge is 2.11. The van der Waals surface area contributed by atoms with Gasteiger partial charge in [0.1, 0.15) is 0 Å². The molecule has 1 aromatic rings. The van der Waals surface area contributed by atoms with E-state index in [2.05, 4.69) is 44.3 Å². The molecule has 1 aromatic carbocycles. The van der Waals surface area contributed by atoms with E-state index in [-0.39, 0.29) is 12.1 Å². The number of rotatable bonds is 6. The van der Waals surface area contributed by atoms with Crippen molar-refractivity contribution in [1.82, 2.24) is 10.2 Å². The molecule has 18 heavy (non-hydrogen) atoms. The normalized spacial score (nSPS) is 14.8.